The van der Waals surface area contributed by atoms with Crippen LogP contribution < -0.4 is 0 Å². The summed E-state index contributed by atoms with van der Waals surface area (Å²) in [6, 6.07) is 0. The third-order valence-electron chi connectivity index (χ3n) is 2.50. The van der Waals surface area contributed by atoms with Crippen LogP contribution in [0.2, 0.25) is 0 Å². The quantitative estimate of drug-likeness (QED) is 0.734. The standard InChI is InChI=1S/C10H21NO2/c1-9(2,3)11(6)10(4,5)7-8(12)13/h7H2,1-6H3,(H,12,13). The van der Waals surface area contributed by atoms with Gasteiger partial charge in [0.15, 0.2) is 0 Å². The van der Waals surface area contributed by atoms with Gasteiger partial charge in [0.1, 0.15) is 0 Å². The molecular weight excluding hydrogens is 166 g/mol. The van der Waals surface area contributed by atoms with Gasteiger partial charge in [-0.05, 0) is 41.7 Å². The summed E-state index contributed by atoms with van der Waals surface area (Å²) in [6.07, 6.45) is 0.167. The van der Waals surface area contributed by atoms with Crippen molar-refractivity contribution in [2.75, 3.05) is 7.05 Å². The van der Waals surface area contributed by atoms with Crippen molar-refractivity contribution in [3.63, 3.8) is 0 Å². The van der Waals surface area contributed by atoms with Crippen LogP contribution in [-0.2, 0) is 4.79 Å². The Morgan fingerprint density at radius 3 is 1.85 bits per heavy atom. The molecule has 0 amide bonds. The molecule has 78 valence electrons. The molecule has 0 aliphatic heterocycles. The molecule has 1 N–H and O–H groups in total. The highest BCUT2D eigenvalue weighted by Crippen LogP contribution is 2.25. The molecule has 0 aromatic carbocycles. The van der Waals surface area contributed by atoms with Crippen molar-refractivity contribution in [3.05, 3.63) is 0 Å². The van der Waals surface area contributed by atoms with E-state index in [0.29, 0.717) is 0 Å². The maximum absolute atomic E-state index is 10.6. The molecule has 0 aromatic rings. The highest BCUT2D eigenvalue weighted by molar-refractivity contribution is 5.68. The Bertz CT molecular complexity index is 192. The molecule has 0 fully saturated rings. The number of rotatable bonds is 3. The molecule has 0 saturated heterocycles. The molecule has 3 nitrogen and oxygen atoms in total. The Morgan fingerprint density at radius 2 is 1.62 bits per heavy atom. The van der Waals surface area contributed by atoms with Gasteiger partial charge in [0.25, 0.3) is 0 Å². The SMILES string of the molecule is CN(C(C)(C)C)C(C)(C)CC(=O)O. The van der Waals surface area contributed by atoms with Crippen molar-refractivity contribution in [3.8, 4) is 0 Å². The van der Waals surface area contributed by atoms with Gasteiger partial charge in [0.05, 0.1) is 6.42 Å². The molecule has 0 atom stereocenters. The van der Waals surface area contributed by atoms with Crippen LogP contribution in [0.3, 0.4) is 0 Å². The molecule has 0 spiro atoms. The highest BCUT2D eigenvalue weighted by Gasteiger charge is 2.33. The summed E-state index contributed by atoms with van der Waals surface area (Å²) in [5, 5.41) is 8.74. The number of carbonyl (C=O) groups is 1. The Morgan fingerprint density at radius 1 is 1.23 bits per heavy atom. The Kier molecular flexibility index (Phi) is 3.50. The van der Waals surface area contributed by atoms with E-state index in [0.717, 1.165) is 0 Å². The number of carboxylic acid groups (broad SMARTS) is 1. The first-order chi connectivity index (χ1) is 5.57. The fourth-order valence-corrected chi connectivity index (χ4v) is 1.40. The maximum atomic E-state index is 10.6. The average molecular weight is 187 g/mol. The van der Waals surface area contributed by atoms with E-state index in [1.807, 2.05) is 20.9 Å². The van der Waals surface area contributed by atoms with Crippen molar-refractivity contribution < 1.29 is 9.90 Å². The topological polar surface area (TPSA) is 40.5 Å². The lowest BCUT2D eigenvalue weighted by Gasteiger charge is -2.43. The van der Waals surface area contributed by atoms with Crippen molar-refractivity contribution in [2.24, 2.45) is 0 Å². The van der Waals surface area contributed by atoms with E-state index in [4.69, 9.17) is 5.11 Å². The zero-order chi connectivity index (χ0) is 10.9. The van der Waals surface area contributed by atoms with Gasteiger partial charge < -0.3 is 5.11 Å². The summed E-state index contributed by atoms with van der Waals surface area (Å²) in [4.78, 5) is 12.7. The largest absolute Gasteiger partial charge is 0.481 e. The van der Waals surface area contributed by atoms with Crippen molar-refractivity contribution in [1.29, 1.82) is 0 Å². The van der Waals surface area contributed by atoms with Gasteiger partial charge in [-0.25, -0.2) is 0 Å². The van der Waals surface area contributed by atoms with Crippen LogP contribution in [0.5, 0.6) is 0 Å². The minimum absolute atomic E-state index is 0.00104. The summed E-state index contributed by atoms with van der Waals surface area (Å²) in [5.41, 5.74) is -0.303. The van der Waals surface area contributed by atoms with Gasteiger partial charge in [0, 0.05) is 11.1 Å². The maximum Gasteiger partial charge on any atom is 0.305 e. The molecule has 0 bridgehead atoms. The zero-order valence-corrected chi connectivity index (χ0v) is 9.51. The van der Waals surface area contributed by atoms with Crippen LogP contribution >= 0.6 is 0 Å². The monoisotopic (exact) mass is 187 g/mol. The summed E-state index contributed by atoms with van der Waals surface area (Å²) >= 11 is 0. The number of hydrogen-bond acceptors (Lipinski definition) is 2. The van der Waals surface area contributed by atoms with Gasteiger partial charge in [-0.1, -0.05) is 0 Å². The Labute approximate surface area is 80.7 Å². The lowest BCUT2D eigenvalue weighted by molar-refractivity contribution is -0.140. The summed E-state index contributed by atoms with van der Waals surface area (Å²) < 4.78 is 0. The minimum Gasteiger partial charge on any atom is -0.481 e. The average Bonchev–Trinajstić information content (AvgIpc) is 1.80. The fraction of sp³-hybridized carbons (Fsp3) is 0.900. The van der Waals surface area contributed by atoms with Crippen molar-refractivity contribution >= 4 is 5.97 Å². The van der Waals surface area contributed by atoms with E-state index in [1.165, 1.54) is 0 Å². The zero-order valence-electron chi connectivity index (χ0n) is 9.51. The lowest BCUT2D eigenvalue weighted by Crippen LogP contribution is -2.52. The number of carboxylic acids is 1. The molecule has 0 rings (SSSR count). The van der Waals surface area contributed by atoms with Crippen LogP contribution in [0.15, 0.2) is 0 Å². The molecule has 0 heterocycles. The van der Waals surface area contributed by atoms with Crippen LogP contribution in [-0.4, -0.2) is 34.1 Å². The smallest absolute Gasteiger partial charge is 0.305 e. The molecule has 0 unspecified atom stereocenters. The molecule has 3 heteroatoms. The molecule has 0 aromatic heterocycles. The third-order valence-corrected chi connectivity index (χ3v) is 2.50. The summed E-state index contributed by atoms with van der Waals surface area (Å²) in [6.45, 7) is 10.1. The fourth-order valence-electron chi connectivity index (χ4n) is 1.40. The summed E-state index contributed by atoms with van der Waals surface area (Å²) in [5.74, 6) is -0.749. The molecule has 0 aliphatic rings. The minimum atomic E-state index is -0.749. The van der Waals surface area contributed by atoms with E-state index in [9.17, 15) is 4.79 Å². The van der Waals surface area contributed by atoms with E-state index < -0.39 is 5.97 Å². The van der Waals surface area contributed by atoms with Crippen LogP contribution in [0.4, 0.5) is 0 Å². The first-order valence-electron chi connectivity index (χ1n) is 4.53. The predicted molar refractivity (Wildman–Crippen MR) is 53.8 cm³/mol. The van der Waals surface area contributed by atoms with E-state index in [-0.39, 0.29) is 17.5 Å². The van der Waals surface area contributed by atoms with E-state index in [1.54, 1.807) is 0 Å². The predicted octanol–water partition coefficient (Wildman–Crippen LogP) is 1.97. The molecule has 0 aliphatic carbocycles. The first kappa shape index (κ1) is 12.4. The van der Waals surface area contributed by atoms with Crippen molar-refractivity contribution in [1.82, 2.24) is 4.90 Å². The van der Waals surface area contributed by atoms with Gasteiger partial charge >= 0.3 is 5.97 Å². The number of nitrogens with zero attached hydrogens (tertiary/aromatic N) is 1. The molecule has 13 heavy (non-hydrogen) atoms. The van der Waals surface area contributed by atoms with E-state index in [2.05, 4.69) is 25.7 Å². The highest BCUT2D eigenvalue weighted by atomic mass is 16.4. The van der Waals surface area contributed by atoms with Crippen LogP contribution in [0, 0.1) is 0 Å². The van der Waals surface area contributed by atoms with Gasteiger partial charge in [-0.2, -0.15) is 0 Å². The van der Waals surface area contributed by atoms with Crippen LogP contribution in [0.1, 0.15) is 41.0 Å². The lowest BCUT2D eigenvalue weighted by atomic mass is 9.92. The van der Waals surface area contributed by atoms with Gasteiger partial charge in [-0.15, -0.1) is 0 Å². The molecule has 0 saturated carbocycles. The second-order valence-electron chi connectivity index (χ2n) is 5.11. The molecule has 0 radical (unpaired) electrons. The first-order valence-corrected chi connectivity index (χ1v) is 4.53. The second-order valence-corrected chi connectivity index (χ2v) is 5.11. The van der Waals surface area contributed by atoms with Crippen LogP contribution in [0.25, 0.3) is 0 Å². The van der Waals surface area contributed by atoms with Crippen molar-refractivity contribution in [2.45, 2.75) is 52.1 Å². The third kappa shape index (κ3) is 3.77. The second kappa shape index (κ2) is 3.66. The number of hydrogen-bond donors (Lipinski definition) is 1. The van der Waals surface area contributed by atoms with E-state index >= 15 is 0 Å². The Hall–Kier alpha value is -0.570. The summed E-state index contributed by atoms with van der Waals surface area (Å²) in [7, 11) is 1.96. The number of aliphatic carboxylic acids is 1. The van der Waals surface area contributed by atoms with Gasteiger partial charge in [-0.3, -0.25) is 9.69 Å². The Balaban J connectivity index is 4.54. The van der Waals surface area contributed by atoms with Gasteiger partial charge in [0.2, 0.25) is 0 Å². The normalized spacial score (nSPS) is 13.5. The molecular formula is C10H21NO2.